The molecule has 1 aliphatic heterocycles. The lowest BCUT2D eigenvalue weighted by molar-refractivity contribution is -0.128. The molecule has 7 nitrogen and oxygen atoms in total. The van der Waals surface area contributed by atoms with E-state index in [9.17, 15) is 4.79 Å². The molecule has 0 spiro atoms. The summed E-state index contributed by atoms with van der Waals surface area (Å²) in [4.78, 5) is 17.0. The van der Waals surface area contributed by atoms with Crippen LogP contribution in [0.5, 0.6) is 5.75 Å². The second-order valence-electron chi connectivity index (χ2n) is 8.44. The molecular weight excluding hydrogens is 507 g/mol. The lowest BCUT2D eigenvalue weighted by atomic mass is 9.92. The van der Waals surface area contributed by atoms with Crippen molar-refractivity contribution in [3.63, 3.8) is 0 Å². The molecule has 1 aromatic carbocycles. The van der Waals surface area contributed by atoms with Gasteiger partial charge in [-0.15, -0.1) is 24.0 Å². The van der Waals surface area contributed by atoms with Crippen molar-refractivity contribution in [2.24, 2.45) is 16.3 Å². The molecule has 1 atom stereocenters. The van der Waals surface area contributed by atoms with E-state index < -0.39 is 5.41 Å². The first-order valence-corrected chi connectivity index (χ1v) is 11.0. The average Bonchev–Trinajstić information content (AvgIpc) is 3.23. The number of nitrogens with one attached hydrogen (secondary N) is 3. The van der Waals surface area contributed by atoms with Crippen LogP contribution in [0.3, 0.4) is 0 Å². The molecule has 176 valence electrons. The van der Waals surface area contributed by atoms with Crippen LogP contribution in [0.1, 0.15) is 45.2 Å². The van der Waals surface area contributed by atoms with Crippen LogP contribution in [-0.2, 0) is 16.1 Å². The molecule has 1 saturated heterocycles. The molecule has 2 rings (SSSR count). The maximum absolute atomic E-state index is 12.2. The molecule has 1 aliphatic rings. The third-order valence-corrected chi connectivity index (χ3v) is 5.12. The predicted molar refractivity (Wildman–Crippen MR) is 136 cm³/mol. The first-order valence-electron chi connectivity index (χ1n) is 11.0. The van der Waals surface area contributed by atoms with Crippen LogP contribution in [0, 0.1) is 18.3 Å². The number of rotatable bonds is 10. The highest BCUT2D eigenvalue weighted by molar-refractivity contribution is 14.0. The minimum atomic E-state index is -0.534. The van der Waals surface area contributed by atoms with Crippen LogP contribution in [0.2, 0.25) is 0 Å². The van der Waals surface area contributed by atoms with E-state index in [1.807, 2.05) is 27.7 Å². The van der Waals surface area contributed by atoms with Crippen LogP contribution < -0.4 is 20.7 Å². The van der Waals surface area contributed by atoms with Gasteiger partial charge in [0.25, 0.3) is 0 Å². The summed E-state index contributed by atoms with van der Waals surface area (Å²) in [5.74, 6) is 2.05. The molecule has 1 heterocycles. The predicted octanol–water partition coefficient (Wildman–Crippen LogP) is 3.25. The van der Waals surface area contributed by atoms with Gasteiger partial charge in [-0.1, -0.05) is 12.1 Å². The Bertz CT molecular complexity index is 719. The molecule has 1 fully saturated rings. The Kier molecular flexibility index (Phi) is 12.2. The standard InChI is InChI=1S/C23H38N4O3.HI/c1-6-24-21(28)23(4,5)16-27-22(25-7-2)26-13-19-9-8-17(3)12-20(19)30-15-18-10-11-29-14-18;/h8-9,12,18H,6-7,10-11,13-16H2,1-5H3,(H,24,28)(H2,25,26,27);1H. The van der Waals surface area contributed by atoms with Crippen molar-refractivity contribution in [2.45, 2.75) is 47.6 Å². The van der Waals surface area contributed by atoms with E-state index in [4.69, 9.17) is 14.5 Å². The first kappa shape index (κ1) is 27.5. The Hall–Kier alpha value is -1.55. The van der Waals surface area contributed by atoms with E-state index in [1.165, 1.54) is 0 Å². The lowest BCUT2D eigenvalue weighted by Gasteiger charge is -2.25. The van der Waals surface area contributed by atoms with Crippen LogP contribution in [0.25, 0.3) is 0 Å². The van der Waals surface area contributed by atoms with Gasteiger partial charge in [-0.25, -0.2) is 4.99 Å². The highest BCUT2D eigenvalue weighted by Crippen LogP contribution is 2.23. The fourth-order valence-electron chi connectivity index (χ4n) is 3.14. The van der Waals surface area contributed by atoms with Gasteiger partial charge >= 0.3 is 0 Å². The number of aliphatic imine (C=N–C) groups is 1. The van der Waals surface area contributed by atoms with Crippen molar-refractivity contribution < 1.29 is 14.3 Å². The number of guanidine groups is 1. The number of carbonyl (C=O) groups excluding carboxylic acids is 1. The highest BCUT2D eigenvalue weighted by atomic mass is 127. The number of hydrogen-bond acceptors (Lipinski definition) is 4. The lowest BCUT2D eigenvalue weighted by Crippen LogP contribution is -2.47. The Morgan fingerprint density at radius 3 is 2.61 bits per heavy atom. The third kappa shape index (κ3) is 9.22. The fraction of sp³-hybridized carbons (Fsp3) is 0.652. The van der Waals surface area contributed by atoms with Gasteiger partial charge in [0.05, 0.1) is 25.2 Å². The van der Waals surface area contributed by atoms with Gasteiger partial charge in [0.2, 0.25) is 5.91 Å². The number of nitrogens with zero attached hydrogens (tertiary/aromatic N) is 1. The molecule has 31 heavy (non-hydrogen) atoms. The first-order chi connectivity index (χ1) is 14.4. The quantitative estimate of drug-likeness (QED) is 0.239. The summed E-state index contributed by atoms with van der Waals surface area (Å²) in [5, 5.41) is 9.44. The zero-order valence-electron chi connectivity index (χ0n) is 19.5. The summed E-state index contributed by atoms with van der Waals surface area (Å²) in [6, 6.07) is 6.22. The van der Waals surface area contributed by atoms with Gasteiger partial charge < -0.3 is 25.4 Å². The number of amides is 1. The largest absolute Gasteiger partial charge is 0.493 e. The van der Waals surface area contributed by atoms with Gasteiger partial charge in [-0.3, -0.25) is 4.79 Å². The van der Waals surface area contributed by atoms with Gasteiger partial charge in [-0.05, 0) is 52.7 Å². The summed E-state index contributed by atoms with van der Waals surface area (Å²) in [7, 11) is 0. The van der Waals surface area contributed by atoms with Crippen molar-refractivity contribution in [3.8, 4) is 5.75 Å². The van der Waals surface area contributed by atoms with Crippen molar-refractivity contribution in [1.29, 1.82) is 0 Å². The summed E-state index contributed by atoms with van der Waals surface area (Å²) in [6.07, 6.45) is 1.05. The molecule has 0 aromatic heterocycles. The molecule has 8 heteroatoms. The molecule has 0 saturated carbocycles. The molecule has 0 radical (unpaired) electrons. The number of benzene rings is 1. The molecule has 1 amide bonds. The zero-order chi connectivity index (χ0) is 22.0. The summed E-state index contributed by atoms with van der Waals surface area (Å²) in [6.45, 7) is 14.5. The van der Waals surface area contributed by atoms with Crippen molar-refractivity contribution in [3.05, 3.63) is 29.3 Å². The van der Waals surface area contributed by atoms with Crippen LogP contribution >= 0.6 is 24.0 Å². The second kappa shape index (κ2) is 13.8. The molecule has 0 aliphatic carbocycles. The maximum atomic E-state index is 12.2. The number of halogens is 1. The summed E-state index contributed by atoms with van der Waals surface area (Å²) < 4.78 is 11.6. The van der Waals surface area contributed by atoms with Crippen molar-refractivity contribution >= 4 is 35.8 Å². The van der Waals surface area contributed by atoms with E-state index in [2.05, 4.69) is 41.1 Å². The zero-order valence-corrected chi connectivity index (χ0v) is 21.9. The summed E-state index contributed by atoms with van der Waals surface area (Å²) >= 11 is 0. The normalized spacial score (nSPS) is 16.4. The van der Waals surface area contributed by atoms with Gasteiger partial charge in [0, 0.05) is 37.7 Å². The number of hydrogen-bond donors (Lipinski definition) is 3. The van der Waals surface area contributed by atoms with Crippen molar-refractivity contribution in [1.82, 2.24) is 16.0 Å². The average molecular weight is 546 g/mol. The molecule has 1 aromatic rings. The Balaban J connectivity index is 0.00000480. The SMILES string of the molecule is CCNC(=O)C(C)(C)CNC(=NCc1ccc(C)cc1OCC1CCOC1)NCC.I. The van der Waals surface area contributed by atoms with E-state index >= 15 is 0 Å². The van der Waals surface area contributed by atoms with Crippen LogP contribution in [0.4, 0.5) is 0 Å². The number of aryl methyl sites for hydroxylation is 1. The molecule has 0 bridgehead atoms. The molecule has 3 N–H and O–H groups in total. The van der Waals surface area contributed by atoms with Gasteiger partial charge in [-0.2, -0.15) is 0 Å². The Morgan fingerprint density at radius 2 is 1.97 bits per heavy atom. The third-order valence-electron chi connectivity index (χ3n) is 5.12. The minimum Gasteiger partial charge on any atom is -0.493 e. The fourth-order valence-corrected chi connectivity index (χ4v) is 3.14. The number of ether oxygens (including phenoxy) is 2. The molecular formula is C23H39IN4O3. The smallest absolute Gasteiger partial charge is 0.227 e. The van der Waals surface area contributed by atoms with E-state index in [-0.39, 0.29) is 29.9 Å². The maximum Gasteiger partial charge on any atom is 0.227 e. The Morgan fingerprint density at radius 1 is 1.23 bits per heavy atom. The minimum absolute atomic E-state index is 0. The second-order valence-corrected chi connectivity index (χ2v) is 8.44. The van der Waals surface area contributed by atoms with E-state index in [1.54, 1.807) is 0 Å². The van der Waals surface area contributed by atoms with Gasteiger partial charge in [0.15, 0.2) is 5.96 Å². The number of carbonyl (C=O) groups is 1. The molecule has 1 unspecified atom stereocenters. The van der Waals surface area contributed by atoms with E-state index in [0.29, 0.717) is 38.1 Å². The van der Waals surface area contributed by atoms with E-state index in [0.717, 1.165) is 43.1 Å². The van der Waals surface area contributed by atoms with Crippen molar-refractivity contribution in [2.75, 3.05) is 39.5 Å². The highest BCUT2D eigenvalue weighted by Gasteiger charge is 2.27. The monoisotopic (exact) mass is 546 g/mol. The van der Waals surface area contributed by atoms with Crippen LogP contribution in [0.15, 0.2) is 23.2 Å². The van der Waals surface area contributed by atoms with Gasteiger partial charge in [0.1, 0.15) is 5.75 Å². The summed E-state index contributed by atoms with van der Waals surface area (Å²) in [5.41, 5.74) is 1.67. The Labute approximate surface area is 204 Å². The van der Waals surface area contributed by atoms with Crippen LogP contribution in [-0.4, -0.2) is 51.3 Å². The topological polar surface area (TPSA) is 84.0 Å².